The number of amides is 6. The van der Waals surface area contributed by atoms with Crippen LogP contribution < -0.4 is 10.6 Å². The molecule has 16 aliphatic carbocycles. The van der Waals surface area contributed by atoms with Crippen LogP contribution in [0.2, 0.25) is 0 Å². The van der Waals surface area contributed by atoms with Crippen molar-refractivity contribution in [3.63, 3.8) is 0 Å². The van der Waals surface area contributed by atoms with Gasteiger partial charge in [-0.05, 0) is 314 Å². The zero-order valence-electron chi connectivity index (χ0n) is 70.3. The fraction of sp³-hybridized carbons (Fsp3) is 0.747. The van der Waals surface area contributed by atoms with E-state index in [1.807, 2.05) is 54.6 Å². The fourth-order valence-corrected chi connectivity index (χ4v) is 24.0. The SMILES string of the molecule is C=C(C)C(=O)N(C)C1CCC2CCCCC2C1.C=C(C)C(=O)N(CC)C1CC2CCC1C2.C=C(C)C(=O)NC1CC2CCC1C2.C=C(C)C(=O)OC1CC2CCC1C2.C=CC(=O)N(C)C1CC2CCC1C2.C=CC(=O)N(C)C1CCC2CCCCC2C1.C=CC(=O)NC1CC2CCC1C2.C=CC(=O)OC1CC2CCC1C2. The van der Waals surface area contributed by atoms with Crippen LogP contribution in [0.1, 0.15) is 279 Å². The molecule has 16 nitrogen and oxygen atoms in total. The Morgan fingerprint density at radius 2 is 0.739 bits per heavy atom. The third kappa shape index (κ3) is 24.4. The monoisotopic (exact) mass is 1530 g/mol. The molecule has 16 saturated carbocycles. The molecule has 24 atom stereocenters. The Labute approximate surface area is 670 Å². The van der Waals surface area contributed by atoms with Crippen molar-refractivity contribution >= 4 is 47.4 Å². The number of carbonyl (C=O) groups is 8. The lowest BCUT2D eigenvalue weighted by Gasteiger charge is -2.42. The molecule has 0 aliphatic heterocycles. The van der Waals surface area contributed by atoms with E-state index in [0.717, 1.165) is 102 Å². The molecule has 111 heavy (non-hydrogen) atoms. The van der Waals surface area contributed by atoms with Crippen LogP contribution in [0.3, 0.4) is 0 Å². The van der Waals surface area contributed by atoms with E-state index in [1.165, 1.54) is 255 Å². The average Bonchev–Trinajstić information content (AvgIpc) is 1.70. The van der Waals surface area contributed by atoms with Gasteiger partial charge in [-0.25, -0.2) is 9.59 Å². The summed E-state index contributed by atoms with van der Waals surface area (Å²) in [5, 5.41) is 6.07. The van der Waals surface area contributed by atoms with Gasteiger partial charge in [-0.1, -0.05) is 130 Å². The summed E-state index contributed by atoms with van der Waals surface area (Å²) in [5.41, 5.74) is 2.49. The lowest BCUT2D eigenvalue weighted by atomic mass is 9.69. The zero-order valence-corrected chi connectivity index (χ0v) is 70.3. The van der Waals surface area contributed by atoms with Crippen molar-refractivity contribution in [1.82, 2.24) is 30.2 Å². The molecule has 0 heterocycles. The highest BCUT2D eigenvalue weighted by molar-refractivity contribution is 5.93. The number of fused-ring (bicyclic) bond motifs is 14. The number of nitrogens with zero attached hydrogens (tertiary/aromatic N) is 4. The second-order valence-electron chi connectivity index (χ2n) is 37.7. The van der Waals surface area contributed by atoms with E-state index < -0.39 is 0 Å². The van der Waals surface area contributed by atoms with Crippen LogP contribution in [0.4, 0.5) is 0 Å². The van der Waals surface area contributed by atoms with Gasteiger partial charge in [0.15, 0.2) is 0 Å². The van der Waals surface area contributed by atoms with Crippen LogP contribution in [0.5, 0.6) is 0 Å². The van der Waals surface area contributed by atoms with Crippen molar-refractivity contribution in [1.29, 1.82) is 0 Å². The topological polar surface area (TPSA) is 192 Å². The highest BCUT2D eigenvalue weighted by Gasteiger charge is 2.47. The predicted molar refractivity (Wildman–Crippen MR) is 446 cm³/mol. The smallest absolute Gasteiger partial charge is 0.333 e. The quantitative estimate of drug-likeness (QED) is 0.105. The molecule has 16 fully saturated rings. The number of hydrogen-bond acceptors (Lipinski definition) is 10. The van der Waals surface area contributed by atoms with Gasteiger partial charge in [-0.2, -0.15) is 0 Å². The predicted octanol–water partition coefficient (Wildman–Crippen LogP) is 18.3. The lowest BCUT2D eigenvalue weighted by molar-refractivity contribution is -0.147. The standard InChI is InChI=1S/C15H25NO.C14H23NO.C13H21NO.2C11H17NO.C11H16O2.C10H15NO.C10H14O2/c1-11(2)15(17)16(3)14-9-8-12-6-4-5-7-13(12)10-14;1-3-14(16)15(2)13-9-8-11-6-4-5-7-12(11)10-13;1-4-14(13(15)9(2)3)12-8-10-5-6-11(12)7-10;1-7(2)11(13)12-10-6-8-3-4-9(10)5-8;1-3-11(13)12(2)10-7-8-4-5-9(10)6-8;1-7(2)11(12)13-10-6-8-3-4-9(10)5-8;1-2-10(12)11-9-6-7-3-4-8(9)5-7;1-2-10(11)12-9-6-7-3-4-8(9)5-7/h12-14H,1,4-10H2,2-3H3;3,11-13H,1,4-10H2,2H3;10-12H,2,4-8H2,1,3H3;8-10H,1,3-6H2,2H3,(H,12,13);3,8-10H,1,4-7H2,2H3;8-10H,1,3-6H2,2H3;2,7-9H,1,3-6H2,(H,11,12);2,7-9H,1,3-6H2. The van der Waals surface area contributed by atoms with Crippen molar-refractivity contribution in [2.45, 2.75) is 327 Å². The molecular weight excluding hydrogens is 1390 g/mol. The van der Waals surface area contributed by atoms with Crippen LogP contribution in [0, 0.1) is 94.7 Å². The third-order valence-electron chi connectivity index (χ3n) is 30.2. The van der Waals surface area contributed by atoms with Gasteiger partial charge in [0.25, 0.3) is 0 Å². The first-order chi connectivity index (χ1) is 53.1. The zero-order chi connectivity index (χ0) is 80.3. The number of rotatable bonds is 17. The van der Waals surface area contributed by atoms with Crippen molar-refractivity contribution in [3.05, 3.63) is 99.2 Å². The van der Waals surface area contributed by atoms with Gasteiger partial charge in [0, 0.05) is 92.3 Å². The van der Waals surface area contributed by atoms with Crippen LogP contribution in [-0.2, 0) is 47.8 Å². The van der Waals surface area contributed by atoms with Gasteiger partial charge < -0.3 is 39.7 Å². The summed E-state index contributed by atoms with van der Waals surface area (Å²) in [6.45, 7) is 38.7. The van der Waals surface area contributed by atoms with Gasteiger partial charge in [0.05, 0.1) is 0 Å². The van der Waals surface area contributed by atoms with Gasteiger partial charge in [0.2, 0.25) is 35.4 Å². The minimum absolute atomic E-state index is 0.00690. The third-order valence-corrected chi connectivity index (χ3v) is 30.2. The van der Waals surface area contributed by atoms with Crippen molar-refractivity contribution < 1.29 is 47.8 Å². The molecule has 0 spiro atoms. The molecule has 24 unspecified atom stereocenters. The molecule has 16 rings (SSSR count). The van der Waals surface area contributed by atoms with Crippen LogP contribution in [-0.4, -0.2) is 143 Å². The molecule has 16 aliphatic rings. The Morgan fingerprint density at radius 3 is 1.10 bits per heavy atom. The number of hydrogen-bond donors (Lipinski definition) is 2. The van der Waals surface area contributed by atoms with Crippen LogP contribution in [0.25, 0.3) is 0 Å². The van der Waals surface area contributed by atoms with E-state index in [4.69, 9.17) is 9.47 Å². The summed E-state index contributed by atoms with van der Waals surface area (Å²) in [6, 6.07) is 2.84. The number of nitrogens with one attached hydrogen (secondary N) is 2. The molecule has 16 heteroatoms. The Morgan fingerprint density at radius 1 is 0.351 bits per heavy atom. The number of ether oxygens (including phenoxy) is 2. The first-order valence-electron chi connectivity index (χ1n) is 44.3. The Hall–Kier alpha value is -6.32. The van der Waals surface area contributed by atoms with Gasteiger partial charge in [-0.15, -0.1) is 0 Å². The van der Waals surface area contributed by atoms with E-state index in [2.05, 4.69) is 70.2 Å². The minimum Gasteiger partial charge on any atom is -0.459 e. The lowest BCUT2D eigenvalue weighted by Crippen LogP contribution is -2.43. The summed E-state index contributed by atoms with van der Waals surface area (Å²) in [7, 11) is 5.79. The second-order valence-corrected chi connectivity index (χ2v) is 37.7. The van der Waals surface area contributed by atoms with E-state index >= 15 is 0 Å². The maximum absolute atomic E-state index is 12.0. The molecule has 0 aromatic heterocycles. The minimum atomic E-state index is -0.257. The molecule has 12 bridgehead atoms. The van der Waals surface area contributed by atoms with Crippen LogP contribution in [0.15, 0.2) is 99.2 Å². The fourth-order valence-electron chi connectivity index (χ4n) is 24.0. The Balaban J connectivity index is 0.000000146. The first kappa shape index (κ1) is 88.6. The highest BCUT2D eigenvalue weighted by atomic mass is 16.5. The Kier molecular flexibility index (Phi) is 33.8. The van der Waals surface area contributed by atoms with E-state index in [1.54, 1.807) is 13.8 Å². The van der Waals surface area contributed by atoms with Gasteiger partial charge in [-0.3, -0.25) is 28.8 Å². The largest absolute Gasteiger partial charge is 0.459 e. The average molecular weight is 1530 g/mol. The molecule has 618 valence electrons. The molecule has 0 saturated heterocycles. The summed E-state index contributed by atoms with van der Waals surface area (Å²) in [4.78, 5) is 99.2. The van der Waals surface area contributed by atoms with Gasteiger partial charge >= 0.3 is 11.9 Å². The number of esters is 2. The van der Waals surface area contributed by atoms with Crippen molar-refractivity contribution in [2.24, 2.45) is 94.7 Å². The Bertz CT molecular complexity index is 3180. The molecule has 0 aromatic rings. The highest BCUT2D eigenvalue weighted by Crippen LogP contribution is 2.51. The summed E-state index contributed by atoms with van der Waals surface area (Å²) in [5.74, 6) is 13.3. The maximum atomic E-state index is 12.0. The second kappa shape index (κ2) is 42.3. The maximum Gasteiger partial charge on any atom is 0.333 e. The van der Waals surface area contributed by atoms with Gasteiger partial charge in [0.1, 0.15) is 12.2 Å². The van der Waals surface area contributed by atoms with Crippen LogP contribution >= 0.6 is 0 Å². The van der Waals surface area contributed by atoms with Crippen molar-refractivity contribution in [3.8, 4) is 0 Å². The molecule has 0 radical (unpaired) electrons. The summed E-state index contributed by atoms with van der Waals surface area (Å²) < 4.78 is 10.6. The van der Waals surface area contributed by atoms with Crippen molar-refractivity contribution in [2.75, 3.05) is 27.7 Å². The molecule has 0 aromatic carbocycles. The molecular formula is C95H148N6O10. The molecule has 6 amide bonds. The summed E-state index contributed by atoms with van der Waals surface area (Å²) in [6.07, 6.45) is 55.5. The number of carbonyl (C=O) groups excluding carboxylic acids is 8. The van der Waals surface area contributed by atoms with E-state index in [0.29, 0.717) is 70.4 Å². The first-order valence-corrected chi connectivity index (χ1v) is 44.3. The normalized spacial score (nSPS) is 35.4. The van der Waals surface area contributed by atoms with E-state index in [-0.39, 0.29) is 59.6 Å². The number of likely N-dealkylation sites (N-methyl/N-ethyl adjacent to an activating group) is 4. The molecule has 2 N–H and O–H groups in total. The van der Waals surface area contributed by atoms with E-state index in [9.17, 15) is 38.4 Å². The summed E-state index contributed by atoms with van der Waals surface area (Å²) >= 11 is 0.